The van der Waals surface area contributed by atoms with Crippen LogP contribution < -0.4 is 18.6 Å². The molecule has 1 heterocycles. The number of halogens is 2. The van der Waals surface area contributed by atoms with Crippen molar-refractivity contribution in [1.29, 1.82) is 0 Å². The lowest BCUT2D eigenvalue weighted by atomic mass is 10.0. The first-order chi connectivity index (χ1) is 10.3. The highest BCUT2D eigenvalue weighted by Crippen LogP contribution is 2.31. The van der Waals surface area contributed by atoms with Gasteiger partial charge in [0.2, 0.25) is 16.0 Å². The molecule has 1 aromatic heterocycles. The van der Waals surface area contributed by atoms with Gasteiger partial charge in [-0.05, 0) is 29.3 Å². The predicted molar refractivity (Wildman–Crippen MR) is 79.4 cm³/mol. The SMILES string of the molecule is Brc1ccc(-c2cc[s+]c3ccccc23)cc1.[O-][Cl+3]([O-])([O-])[O-]. The summed E-state index contributed by atoms with van der Waals surface area (Å²) in [7, 11) is -4.94. The fourth-order valence-electron chi connectivity index (χ4n) is 1.94. The minimum absolute atomic E-state index is 1.12. The van der Waals surface area contributed by atoms with E-state index in [4.69, 9.17) is 18.6 Å². The largest absolute Gasteiger partial charge is 0.238 e. The number of fused-ring (bicyclic) bond motifs is 1. The minimum atomic E-state index is -4.94. The number of rotatable bonds is 1. The first-order valence-electron chi connectivity index (χ1n) is 6.02. The van der Waals surface area contributed by atoms with Crippen molar-refractivity contribution in [3.05, 3.63) is 64.5 Å². The quantitative estimate of drug-likeness (QED) is 0.565. The van der Waals surface area contributed by atoms with E-state index in [2.05, 4.69) is 75.9 Å². The molecule has 0 bridgehead atoms. The summed E-state index contributed by atoms with van der Waals surface area (Å²) < 4.78 is 36.4. The van der Waals surface area contributed by atoms with Gasteiger partial charge < -0.3 is 0 Å². The predicted octanol–water partition coefficient (Wildman–Crippen LogP) is 0.856. The highest BCUT2D eigenvalue weighted by molar-refractivity contribution is 9.10. The molecule has 0 aliphatic carbocycles. The van der Waals surface area contributed by atoms with Crippen LogP contribution in [-0.2, 0) is 0 Å². The molecule has 0 unspecified atom stereocenters. The van der Waals surface area contributed by atoms with Gasteiger partial charge in [0.15, 0.2) is 5.38 Å². The Morgan fingerprint density at radius 3 is 2.05 bits per heavy atom. The molecule has 0 aliphatic heterocycles. The molecule has 0 aliphatic rings. The molecule has 0 amide bonds. The Bertz CT molecular complexity index is 748. The molecule has 7 heteroatoms. The second-order valence-electron chi connectivity index (χ2n) is 4.22. The minimum Gasteiger partial charge on any atom is -0.222 e. The summed E-state index contributed by atoms with van der Waals surface area (Å²) in [5, 5.41) is 3.47. The third-order valence-corrected chi connectivity index (χ3v) is 4.17. The van der Waals surface area contributed by atoms with Crippen LogP contribution >= 0.6 is 27.3 Å². The smallest absolute Gasteiger partial charge is 0.222 e. The van der Waals surface area contributed by atoms with Crippen molar-refractivity contribution in [2.24, 2.45) is 0 Å². The Morgan fingerprint density at radius 1 is 0.818 bits per heavy atom. The van der Waals surface area contributed by atoms with Crippen molar-refractivity contribution in [1.82, 2.24) is 0 Å². The second-order valence-corrected chi connectivity index (χ2v) is 6.83. The molecule has 2 aromatic carbocycles. The van der Waals surface area contributed by atoms with Crippen molar-refractivity contribution in [3.8, 4) is 11.1 Å². The standard InChI is InChI=1S/C15H10BrS.ClHO4/c16-12-7-5-11(6-8-12)13-9-10-17-15-4-2-1-3-14(13)15;2-1(3,4)5/h1-10H;(H,2,3,4,5)/q+1;/p-1. The molecule has 0 radical (unpaired) electrons. The lowest BCUT2D eigenvalue weighted by Crippen LogP contribution is -2.68. The number of hydrogen-bond acceptors (Lipinski definition) is 4. The van der Waals surface area contributed by atoms with Gasteiger partial charge in [-0.3, -0.25) is 0 Å². The van der Waals surface area contributed by atoms with Gasteiger partial charge in [-0.15, -0.1) is 10.2 Å². The molecule has 3 rings (SSSR count). The van der Waals surface area contributed by atoms with Gasteiger partial charge in [-0.25, -0.2) is 18.6 Å². The number of hydrogen-bond donors (Lipinski definition) is 0. The normalized spacial score (nSPS) is 11.0. The molecule has 0 saturated heterocycles. The average Bonchev–Trinajstić information content (AvgIpc) is 2.46. The highest BCUT2D eigenvalue weighted by atomic mass is 79.9. The molecular weight excluding hydrogens is 392 g/mol. The van der Waals surface area contributed by atoms with Crippen LogP contribution in [0.2, 0.25) is 0 Å². The van der Waals surface area contributed by atoms with Crippen LogP contribution in [-0.4, -0.2) is 0 Å². The van der Waals surface area contributed by atoms with E-state index in [1.165, 1.54) is 21.2 Å². The van der Waals surface area contributed by atoms with Crippen LogP contribution in [0.25, 0.3) is 21.2 Å². The molecule has 114 valence electrons. The molecule has 4 nitrogen and oxygen atoms in total. The van der Waals surface area contributed by atoms with E-state index >= 15 is 0 Å². The van der Waals surface area contributed by atoms with Crippen LogP contribution in [0, 0.1) is 10.2 Å². The van der Waals surface area contributed by atoms with Crippen LogP contribution in [0.4, 0.5) is 0 Å². The monoisotopic (exact) mass is 400 g/mol. The van der Waals surface area contributed by atoms with E-state index in [1.807, 2.05) is 0 Å². The maximum absolute atomic E-state index is 8.49. The third-order valence-electron chi connectivity index (χ3n) is 2.76. The molecule has 0 fully saturated rings. The van der Waals surface area contributed by atoms with Gasteiger partial charge in [-0.2, -0.15) is 0 Å². The Morgan fingerprint density at radius 2 is 1.41 bits per heavy atom. The van der Waals surface area contributed by atoms with E-state index < -0.39 is 10.2 Å². The average molecular weight is 402 g/mol. The van der Waals surface area contributed by atoms with Gasteiger partial charge in [0.1, 0.15) is 0 Å². The van der Waals surface area contributed by atoms with Crippen LogP contribution in [0.1, 0.15) is 0 Å². The molecule has 0 N–H and O–H groups in total. The highest BCUT2D eigenvalue weighted by Gasteiger charge is 2.09. The van der Waals surface area contributed by atoms with E-state index in [-0.39, 0.29) is 0 Å². The second kappa shape index (κ2) is 7.43. The first-order valence-corrected chi connectivity index (χ1v) is 8.92. The topological polar surface area (TPSA) is 92.2 Å². The van der Waals surface area contributed by atoms with Crippen LogP contribution in [0.15, 0.2) is 64.5 Å². The summed E-state index contributed by atoms with van der Waals surface area (Å²) in [6, 6.07) is 19.2. The molecule has 3 aromatic rings. The Labute approximate surface area is 141 Å². The Balaban J connectivity index is 0.000000309. The molecule has 0 spiro atoms. The van der Waals surface area contributed by atoms with Gasteiger partial charge >= 0.3 is 0 Å². The number of benzene rings is 2. The van der Waals surface area contributed by atoms with Crippen molar-refractivity contribution in [2.45, 2.75) is 0 Å². The van der Waals surface area contributed by atoms with Crippen molar-refractivity contribution >= 4 is 37.4 Å². The third kappa shape index (κ3) is 5.26. The molecule has 22 heavy (non-hydrogen) atoms. The summed E-state index contributed by atoms with van der Waals surface area (Å²) in [5.74, 6) is 0. The van der Waals surface area contributed by atoms with Crippen molar-refractivity contribution < 1.29 is 28.9 Å². The van der Waals surface area contributed by atoms with Crippen LogP contribution in [0.5, 0.6) is 0 Å². The maximum Gasteiger partial charge on any atom is 0.238 e. The molecule has 0 saturated carbocycles. The summed E-state index contributed by atoms with van der Waals surface area (Å²) in [6.07, 6.45) is 0. The fraction of sp³-hybridized carbons (Fsp3) is 0. The van der Waals surface area contributed by atoms with Crippen LogP contribution in [0.3, 0.4) is 0 Å². The van der Waals surface area contributed by atoms with E-state index in [1.54, 1.807) is 11.3 Å². The zero-order chi connectivity index (χ0) is 16.2. The van der Waals surface area contributed by atoms with E-state index in [0.29, 0.717) is 0 Å². The van der Waals surface area contributed by atoms with Crippen molar-refractivity contribution in [2.75, 3.05) is 0 Å². The molecular formula is C15H10BrClO4S. The Kier molecular flexibility index (Phi) is 5.82. The lowest BCUT2D eigenvalue weighted by molar-refractivity contribution is -2.00. The Hall–Kier alpha value is -1.12. The van der Waals surface area contributed by atoms with Crippen molar-refractivity contribution in [3.63, 3.8) is 0 Å². The fourth-order valence-corrected chi connectivity index (χ4v) is 3.02. The van der Waals surface area contributed by atoms with E-state index in [9.17, 15) is 0 Å². The van der Waals surface area contributed by atoms with Gasteiger partial charge in [0.05, 0.1) is 0 Å². The lowest BCUT2D eigenvalue weighted by Gasteiger charge is -2.17. The first kappa shape index (κ1) is 17.2. The summed E-state index contributed by atoms with van der Waals surface area (Å²) in [6.45, 7) is 0. The maximum atomic E-state index is 8.49. The van der Waals surface area contributed by atoms with Gasteiger partial charge in [0.25, 0.3) is 0 Å². The zero-order valence-corrected chi connectivity index (χ0v) is 14.2. The summed E-state index contributed by atoms with van der Waals surface area (Å²) in [5.41, 5.74) is 2.56. The van der Waals surface area contributed by atoms with E-state index in [0.717, 1.165) is 4.47 Å². The summed E-state index contributed by atoms with van der Waals surface area (Å²) in [4.78, 5) is 0. The molecule has 0 atom stereocenters. The summed E-state index contributed by atoms with van der Waals surface area (Å²) >= 11 is 5.25. The zero-order valence-electron chi connectivity index (χ0n) is 11.1. The van der Waals surface area contributed by atoms with Gasteiger partial charge in [-0.1, -0.05) is 40.2 Å². The van der Waals surface area contributed by atoms with Gasteiger partial charge in [0, 0.05) is 22.0 Å².